The molecule has 2 aromatic rings. The molecule has 30 heavy (non-hydrogen) atoms. The number of hydrogen-bond acceptors (Lipinski definition) is 6. The molecule has 162 valence electrons. The molecule has 1 saturated heterocycles. The lowest BCUT2D eigenvalue weighted by molar-refractivity contribution is 0.0636. The molecule has 1 saturated carbocycles. The van der Waals surface area contributed by atoms with Gasteiger partial charge in [0.05, 0.1) is 16.9 Å². The Hall–Kier alpha value is -2.41. The lowest BCUT2D eigenvalue weighted by atomic mass is 9.78. The molecule has 2 aliphatic rings. The molecule has 2 fully saturated rings. The third kappa shape index (κ3) is 4.36. The molecule has 2 heterocycles. The number of amides is 1. The zero-order valence-electron chi connectivity index (χ0n) is 18.2. The summed E-state index contributed by atoms with van der Waals surface area (Å²) >= 11 is 0. The first-order valence-electron chi connectivity index (χ1n) is 10.9. The molecule has 0 spiro atoms. The van der Waals surface area contributed by atoms with Crippen molar-refractivity contribution in [3.8, 4) is 0 Å². The Labute approximate surface area is 176 Å². The van der Waals surface area contributed by atoms with Crippen LogP contribution in [0.5, 0.6) is 0 Å². The number of anilines is 1. The van der Waals surface area contributed by atoms with E-state index in [2.05, 4.69) is 15.6 Å². The summed E-state index contributed by atoms with van der Waals surface area (Å²) < 4.78 is 11.0. The Balaban J connectivity index is 1.59. The van der Waals surface area contributed by atoms with Crippen LogP contribution in [0.3, 0.4) is 0 Å². The van der Waals surface area contributed by atoms with Crippen LogP contribution in [0.25, 0.3) is 10.9 Å². The quantitative estimate of drug-likeness (QED) is 0.733. The highest BCUT2D eigenvalue weighted by molar-refractivity contribution is 5.92. The minimum atomic E-state index is -0.603. The van der Waals surface area contributed by atoms with Crippen molar-refractivity contribution in [2.45, 2.75) is 83.9 Å². The van der Waals surface area contributed by atoms with Gasteiger partial charge in [0.1, 0.15) is 5.60 Å². The molecule has 1 aliphatic carbocycles. The highest BCUT2D eigenvalue weighted by Gasteiger charge is 2.34. The van der Waals surface area contributed by atoms with Gasteiger partial charge in [0.15, 0.2) is 0 Å². The number of aryl methyl sites for hydroxylation is 1. The van der Waals surface area contributed by atoms with E-state index in [4.69, 9.17) is 9.15 Å². The van der Waals surface area contributed by atoms with Crippen LogP contribution in [-0.4, -0.2) is 22.7 Å². The number of carbonyl (C=O) groups excluding carboxylic acids is 1. The van der Waals surface area contributed by atoms with E-state index >= 15 is 0 Å². The van der Waals surface area contributed by atoms with Crippen molar-refractivity contribution in [1.29, 1.82) is 0 Å². The largest absolute Gasteiger partial charge is 0.444 e. The summed E-state index contributed by atoms with van der Waals surface area (Å²) in [5.74, 6) is 1.19. The summed E-state index contributed by atoms with van der Waals surface area (Å²) in [7, 11) is 0. The molecular weight excluding hydrogens is 382 g/mol. The average Bonchev–Trinajstić information content (AvgIpc) is 2.68. The Morgan fingerprint density at radius 2 is 1.97 bits per heavy atom. The Kier molecular flexibility index (Phi) is 5.57. The summed E-state index contributed by atoms with van der Waals surface area (Å²) in [6, 6.07) is 3.97. The lowest BCUT2D eigenvalue weighted by Crippen LogP contribution is -2.45. The van der Waals surface area contributed by atoms with Crippen molar-refractivity contribution in [3.63, 3.8) is 0 Å². The van der Waals surface area contributed by atoms with Gasteiger partial charge in [0.25, 0.3) is 0 Å². The second-order valence-corrected chi connectivity index (χ2v) is 9.55. The number of hydrogen-bond donors (Lipinski definition) is 2. The fourth-order valence-electron chi connectivity index (χ4n) is 4.72. The fraction of sp³-hybridized carbons (Fsp3) is 0.609. The summed E-state index contributed by atoms with van der Waals surface area (Å²) in [4.78, 5) is 29.6. The number of rotatable bonds is 2. The third-order valence-corrected chi connectivity index (χ3v) is 6.16. The van der Waals surface area contributed by atoms with Crippen molar-refractivity contribution in [2.75, 3.05) is 5.32 Å². The number of carbonyl (C=O) groups is 1. The standard InChI is InChI=1S/C23H31N3O4/c1-13-15(26-22(28)30-23(2,3)4)11-12-17-19(13)21(27)29-20(25-17)18-10-9-14-7-5-6-8-16(14)24-18/h11-12,14,16,18,24H,5-10H2,1-4H3,(H,26,28). The maximum atomic E-state index is 12.8. The molecule has 1 aromatic carbocycles. The monoisotopic (exact) mass is 413 g/mol. The minimum absolute atomic E-state index is 0.0266. The molecular formula is C23H31N3O4. The van der Waals surface area contributed by atoms with Crippen LogP contribution in [0.4, 0.5) is 10.5 Å². The molecule has 3 unspecified atom stereocenters. The summed E-state index contributed by atoms with van der Waals surface area (Å²) in [5.41, 5.74) is 0.692. The second-order valence-electron chi connectivity index (χ2n) is 9.55. The molecule has 1 amide bonds. The first kappa shape index (κ1) is 20.8. The van der Waals surface area contributed by atoms with Gasteiger partial charge in [0, 0.05) is 11.7 Å². The number of nitrogens with zero attached hydrogens (tertiary/aromatic N) is 1. The average molecular weight is 414 g/mol. The molecule has 2 N–H and O–H groups in total. The molecule has 1 aliphatic heterocycles. The highest BCUT2D eigenvalue weighted by atomic mass is 16.6. The lowest BCUT2D eigenvalue weighted by Gasteiger charge is -2.39. The van der Waals surface area contributed by atoms with Crippen molar-refractivity contribution in [2.24, 2.45) is 5.92 Å². The first-order valence-corrected chi connectivity index (χ1v) is 10.9. The van der Waals surface area contributed by atoms with Crippen LogP contribution in [-0.2, 0) is 4.74 Å². The molecule has 1 aromatic heterocycles. The van der Waals surface area contributed by atoms with Crippen molar-refractivity contribution in [3.05, 3.63) is 34.0 Å². The summed E-state index contributed by atoms with van der Waals surface area (Å²) in [6.45, 7) is 7.18. The topological polar surface area (TPSA) is 93.5 Å². The van der Waals surface area contributed by atoms with E-state index in [-0.39, 0.29) is 6.04 Å². The van der Waals surface area contributed by atoms with Gasteiger partial charge in [-0.25, -0.2) is 14.6 Å². The van der Waals surface area contributed by atoms with Crippen molar-refractivity contribution in [1.82, 2.24) is 10.3 Å². The van der Waals surface area contributed by atoms with Crippen LogP contribution < -0.4 is 16.3 Å². The van der Waals surface area contributed by atoms with Gasteiger partial charge >= 0.3 is 11.7 Å². The summed E-state index contributed by atoms with van der Waals surface area (Å²) in [5, 5.41) is 6.77. The van der Waals surface area contributed by atoms with Crippen LogP contribution in [0, 0.1) is 12.8 Å². The zero-order chi connectivity index (χ0) is 21.5. The predicted octanol–water partition coefficient (Wildman–Crippen LogP) is 4.83. The zero-order valence-corrected chi connectivity index (χ0v) is 18.2. The van der Waals surface area contributed by atoms with Gasteiger partial charge in [-0.1, -0.05) is 12.8 Å². The second kappa shape index (κ2) is 8.02. The van der Waals surface area contributed by atoms with Gasteiger partial charge in [-0.05, 0) is 77.0 Å². The maximum absolute atomic E-state index is 12.8. The third-order valence-electron chi connectivity index (χ3n) is 6.16. The van der Waals surface area contributed by atoms with Gasteiger partial charge < -0.3 is 14.5 Å². The Morgan fingerprint density at radius 1 is 1.20 bits per heavy atom. The van der Waals surface area contributed by atoms with Gasteiger partial charge in [0.2, 0.25) is 5.89 Å². The minimum Gasteiger partial charge on any atom is -0.444 e. The number of nitrogens with one attached hydrogen (secondary N) is 2. The van der Waals surface area contributed by atoms with Gasteiger partial charge in [-0.2, -0.15) is 0 Å². The Bertz CT molecular complexity index is 1010. The molecule has 7 heteroatoms. The smallest absolute Gasteiger partial charge is 0.412 e. The fourth-order valence-corrected chi connectivity index (χ4v) is 4.72. The van der Waals surface area contributed by atoms with E-state index in [0.29, 0.717) is 34.1 Å². The molecule has 4 rings (SSSR count). The van der Waals surface area contributed by atoms with E-state index in [0.717, 1.165) is 18.8 Å². The number of benzene rings is 1. The van der Waals surface area contributed by atoms with E-state index in [9.17, 15) is 9.59 Å². The van der Waals surface area contributed by atoms with E-state index in [1.165, 1.54) is 25.7 Å². The summed E-state index contributed by atoms with van der Waals surface area (Å²) in [6.07, 6.45) is 6.54. The normalized spacial score (nSPS) is 24.3. The molecule has 7 nitrogen and oxygen atoms in total. The van der Waals surface area contributed by atoms with Crippen LogP contribution >= 0.6 is 0 Å². The van der Waals surface area contributed by atoms with E-state index < -0.39 is 17.3 Å². The predicted molar refractivity (Wildman–Crippen MR) is 116 cm³/mol. The molecule has 0 radical (unpaired) electrons. The van der Waals surface area contributed by atoms with Gasteiger partial charge in [-0.15, -0.1) is 0 Å². The number of aromatic nitrogens is 1. The van der Waals surface area contributed by atoms with Crippen LogP contribution in [0.15, 0.2) is 21.3 Å². The maximum Gasteiger partial charge on any atom is 0.412 e. The molecule has 3 atom stereocenters. The molecule has 0 bridgehead atoms. The number of fused-ring (bicyclic) bond motifs is 2. The number of ether oxygens (including phenoxy) is 1. The van der Waals surface area contributed by atoms with Crippen molar-refractivity contribution < 1.29 is 13.9 Å². The number of piperidine rings is 1. The SMILES string of the molecule is Cc1c(NC(=O)OC(C)(C)C)ccc2nc(C3CCC4CCCCC4N3)oc(=O)c12. The Morgan fingerprint density at radius 3 is 2.73 bits per heavy atom. The highest BCUT2D eigenvalue weighted by Crippen LogP contribution is 2.36. The van der Waals surface area contributed by atoms with Crippen LogP contribution in [0.2, 0.25) is 0 Å². The van der Waals surface area contributed by atoms with E-state index in [1.807, 2.05) is 0 Å². The van der Waals surface area contributed by atoms with Crippen molar-refractivity contribution >= 4 is 22.7 Å². The van der Waals surface area contributed by atoms with Gasteiger partial charge in [-0.3, -0.25) is 5.32 Å². The first-order chi connectivity index (χ1) is 14.2. The van der Waals surface area contributed by atoms with Crippen LogP contribution in [0.1, 0.15) is 76.8 Å². The van der Waals surface area contributed by atoms with E-state index in [1.54, 1.807) is 39.8 Å².